The normalized spacial score (nSPS) is 27.5. The molecule has 1 N–H and O–H groups in total. The van der Waals surface area contributed by atoms with Crippen molar-refractivity contribution in [1.82, 2.24) is 14.7 Å². The molecule has 4 heterocycles. The van der Waals surface area contributed by atoms with Crippen LogP contribution in [0.1, 0.15) is 36.8 Å². The third-order valence-corrected chi connectivity index (χ3v) is 12.9. The Morgan fingerprint density at radius 2 is 1.74 bits per heavy atom. The van der Waals surface area contributed by atoms with Crippen molar-refractivity contribution in [2.75, 3.05) is 12.0 Å². The first-order chi connectivity index (χ1) is 23.8. The molecule has 256 valence electrons. The number of likely N-dealkylation sites (tertiary alicyclic amines) is 1. The van der Waals surface area contributed by atoms with E-state index >= 15 is 0 Å². The molecule has 2 aliphatic carbocycles. The number of carbonyl (C=O) groups excluding carboxylic acids is 5. The molecule has 1 saturated carbocycles. The Morgan fingerprint density at radius 1 is 1.02 bits per heavy atom. The van der Waals surface area contributed by atoms with Gasteiger partial charge in [-0.2, -0.15) is 10.00 Å². The van der Waals surface area contributed by atoms with Gasteiger partial charge in [0.1, 0.15) is 17.3 Å². The van der Waals surface area contributed by atoms with Crippen LogP contribution in [0.25, 0.3) is 20.7 Å². The highest BCUT2D eigenvalue weighted by atomic mass is 35.5. The van der Waals surface area contributed by atoms with Crippen molar-refractivity contribution >= 4 is 80.2 Å². The predicted octanol–water partition coefficient (Wildman–Crippen LogP) is 6.62. The number of aromatic hydroxyl groups is 1. The molecule has 2 saturated heterocycles. The largest absolute Gasteiger partial charge is 0.508 e. The topological polar surface area (TPSA) is 139 Å². The summed E-state index contributed by atoms with van der Waals surface area (Å²) in [5.41, 5.74) is 1.10. The van der Waals surface area contributed by atoms with E-state index in [2.05, 4.69) is 0 Å². The Labute approximate surface area is 300 Å². The highest BCUT2D eigenvalue weighted by Gasteiger charge is 2.68. The molecule has 0 radical (unpaired) electrons. The Bertz CT molecular complexity index is 2260. The average molecular weight is 734 g/mol. The van der Waals surface area contributed by atoms with Gasteiger partial charge in [0.2, 0.25) is 23.6 Å². The van der Waals surface area contributed by atoms with Crippen LogP contribution in [0, 0.1) is 36.0 Å². The molecule has 6 atom stereocenters. The number of rotatable bonds is 3. The van der Waals surface area contributed by atoms with Gasteiger partial charge in [0.15, 0.2) is 0 Å². The number of hydrogen-bond donors (Lipinski definition) is 1. The van der Waals surface area contributed by atoms with Gasteiger partial charge in [-0.3, -0.25) is 23.9 Å². The summed E-state index contributed by atoms with van der Waals surface area (Å²) in [4.78, 5) is 71.8. The van der Waals surface area contributed by atoms with Gasteiger partial charge in [-0.15, -0.1) is 11.3 Å². The maximum absolute atomic E-state index is 14.9. The Balaban J connectivity index is 1.26. The molecule has 0 spiro atoms. The first-order valence-corrected chi connectivity index (χ1v) is 17.6. The van der Waals surface area contributed by atoms with Crippen LogP contribution in [-0.2, 0) is 31.0 Å². The molecule has 3 fully saturated rings. The van der Waals surface area contributed by atoms with Crippen LogP contribution < -0.4 is 4.90 Å². The van der Waals surface area contributed by atoms with Crippen LogP contribution in [0.2, 0.25) is 10.0 Å². The van der Waals surface area contributed by atoms with Crippen molar-refractivity contribution in [3.63, 3.8) is 0 Å². The third-order valence-electron chi connectivity index (χ3n) is 11.1. The zero-order chi connectivity index (χ0) is 35.5. The molecule has 6 unspecified atom stereocenters. The fourth-order valence-electron chi connectivity index (χ4n) is 8.82. The molecule has 8 rings (SSSR count). The van der Waals surface area contributed by atoms with Crippen molar-refractivity contribution < 1.29 is 33.8 Å². The fourth-order valence-corrected chi connectivity index (χ4v) is 10.3. The molecule has 5 amide bonds. The van der Waals surface area contributed by atoms with Crippen LogP contribution >= 0.6 is 34.5 Å². The number of nitrogens with zero attached hydrogens (tertiary/aromatic N) is 4. The van der Waals surface area contributed by atoms with Crippen LogP contribution in [0.4, 0.5) is 10.6 Å². The zero-order valence-electron chi connectivity index (χ0n) is 27.3. The number of thiophene rings is 1. The number of amides is 5. The molecule has 50 heavy (non-hydrogen) atoms. The quantitative estimate of drug-likeness (QED) is 0.183. The Kier molecular flexibility index (Phi) is 7.35. The number of aromatic nitrogens is 2. The summed E-state index contributed by atoms with van der Waals surface area (Å²) in [6.45, 7) is 3.69. The molecule has 0 bridgehead atoms. The first-order valence-electron chi connectivity index (χ1n) is 16.0. The van der Waals surface area contributed by atoms with E-state index in [4.69, 9.17) is 33.0 Å². The average Bonchev–Trinajstić information content (AvgIpc) is 3.75. The number of aryl methyl sites for hydroxylation is 2. The molecule has 2 aromatic carbocycles. The number of allylic oxidation sites excluding steroid dienone is 2. The predicted molar refractivity (Wildman–Crippen MR) is 186 cm³/mol. The van der Waals surface area contributed by atoms with Crippen molar-refractivity contribution in [3.8, 4) is 16.3 Å². The minimum atomic E-state index is -1.42. The molecular weight excluding hydrogens is 703 g/mol. The second-order valence-electron chi connectivity index (χ2n) is 13.6. The number of imide groups is 4. The number of phenolic OH excluding ortho intramolecular Hbond substituents is 1. The maximum Gasteiger partial charge on any atom is 0.423 e. The van der Waals surface area contributed by atoms with Crippen molar-refractivity contribution in [2.24, 2.45) is 36.1 Å². The van der Waals surface area contributed by atoms with E-state index in [9.17, 15) is 29.1 Å². The lowest BCUT2D eigenvalue weighted by Gasteiger charge is -2.49. The van der Waals surface area contributed by atoms with Crippen LogP contribution in [0.3, 0.4) is 0 Å². The van der Waals surface area contributed by atoms with E-state index in [1.807, 2.05) is 31.2 Å². The minimum Gasteiger partial charge on any atom is -0.508 e. The Hall–Kier alpha value is -4.52. The number of hydrogen-bond acceptors (Lipinski definition) is 9. The lowest BCUT2D eigenvalue weighted by atomic mass is 9.51. The standard InChI is InChI=1S/C36H30Cl2N4O7S/c1-15-20-11-17(38)6-10-26(20)50-30(15)24-14-27(40(3)39-24)41-32(45)23-13-21-18(7-8-19-28(21)33(46)42(31(19)44)35(48)49-4)29(36(23,2)34(41)47)22-12-16(37)5-9-25(22)43/h5-7,9-12,14,19,21,23,28-29,43H,8,13H2,1-4H3. The summed E-state index contributed by atoms with van der Waals surface area (Å²) in [7, 11) is 2.76. The molecule has 14 heteroatoms. The van der Waals surface area contributed by atoms with E-state index in [0.717, 1.165) is 32.5 Å². The number of anilines is 1. The first kappa shape index (κ1) is 32.7. The number of fused-ring (bicyclic) bond motifs is 5. The number of ether oxygens (including phenoxy) is 1. The maximum atomic E-state index is 14.9. The third kappa shape index (κ3) is 4.34. The molecule has 4 aliphatic rings. The molecule has 2 aromatic heterocycles. The van der Waals surface area contributed by atoms with E-state index < -0.39 is 64.7 Å². The van der Waals surface area contributed by atoms with E-state index in [0.29, 0.717) is 31.8 Å². The van der Waals surface area contributed by atoms with Gasteiger partial charge in [-0.1, -0.05) is 34.9 Å². The molecule has 2 aliphatic heterocycles. The van der Waals surface area contributed by atoms with Gasteiger partial charge in [0, 0.05) is 39.3 Å². The van der Waals surface area contributed by atoms with Gasteiger partial charge < -0.3 is 9.84 Å². The van der Waals surface area contributed by atoms with E-state index in [1.54, 1.807) is 26.1 Å². The summed E-state index contributed by atoms with van der Waals surface area (Å²) < 4.78 is 7.28. The second kappa shape index (κ2) is 11.2. The summed E-state index contributed by atoms with van der Waals surface area (Å²) in [6, 6.07) is 11.9. The van der Waals surface area contributed by atoms with Gasteiger partial charge in [-0.25, -0.2) is 9.69 Å². The van der Waals surface area contributed by atoms with Crippen LogP contribution in [-0.4, -0.2) is 56.6 Å². The van der Waals surface area contributed by atoms with E-state index in [-0.39, 0.29) is 24.4 Å². The lowest BCUT2D eigenvalue weighted by molar-refractivity contribution is -0.138. The minimum absolute atomic E-state index is 0.0668. The number of methoxy groups -OCH3 is 1. The van der Waals surface area contributed by atoms with Crippen LogP contribution in [0.15, 0.2) is 54.1 Å². The number of carbonyl (C=O) groups is 5. The van der Waals surface area contributed by atoms with Gasteiger partial charge >= 0.3 is 6.09 Å². The van der Waals surface area contributed by atoms with Crippen molar-refractivity contribution in [3.05, 3.63) is 75.3 Å². The second-order valence-corrected chi connectivity index (χ2v) is 15.5. The summed E-state index contributed by atoms with van der Waals surface area (Å²) >= 11 is 14.3. The summed E-state index contributed by atoms with van der Waals surface area (Å²) in [6.07, 6.45) is 0.952. The SMILES string of the molecule is COC(=O)N1C(=O)C2CC=C3C(CC4C(=O)N(c5cc(-c6sc7ccc(Cl)cc7c6C)nn5C)C(=O)C4(C)C3c3cc(Cl)ccc3O)C2C1=O. The monoisotopic (exact) mass is 732 g/mol. The molecule has 11 nitrogen and oxygen atoms in total. The van der Waals surface area contributed by atoms with Gasteiger partial charge in [0.05, 0.1) is 35.2 Å². The van der Waals surface area contributed by atoms with Gasteiger partial charge in [-0.05, 0) is 80.0 Å². The molecule has 4 aromatic rings. The highest BCUT2D eigenvalue weighted by molar-refractivity contribution is 7.22. The number of benzene rings is 2. The molecular formula is C36H30Cl2N4O7S. The fraction of sp³-hybridized carbons (Fsp3) is 0.333. The smallest absolute Gasteiger partial charge is 0.423 e. The Morgan fingerprint density at radius 3 is 2.48 bits per heavy atom. The summed E-state index contributed by atoms with van der Waals surface area (Å²) in [5.74, 6) is -6.52. The van der Waals surface area contributed by atoms with Gasteiger partial charge in [0.25, 0.3) is 0 Å². The van der Waals surface area contributed by atoms with Crippen molar-refractivity contribution in [2.45, 2.75) is 32.6 Å². The highest BCUT2D eigenvalue weighted by Crippen LogP contribution is 2.64. The zero-order valence-corrected chi connectivity index (χ0v) is 29.6. The number of phenols is 1. The lowest BCUT2D eigenvalue weighted by Crippen LogP contribution is -2.49. The van der Waals surface area contributed by atoms with Crippen molar-refractivity contribution in [1.29, 1.82) is 0 Å². The summed E-state index contributed by atoms with van der Waals surface area (Å²) in [5, 5.41) is 17.9. The van der Waals surface area contributed by atoms with Crippen LogP contribution in [0.5, 0.6) is 5.75 Å². The van der Waals surface area contributed by atoms with E-state index in [1.165, 1.54) is 28.2 Å². The number of halogens is 2.